The second-order valence-corrected chi connectivity index (χ2v) is 6.88. The Hall–Kier alpha value is -2.21. The molecule has 2 heterocycles. The zero-order valence-electron chi connectivity index (χ0n) is 13.3. The Labute approximate surface area is 139 Å². The zero-order valence-corrected chi connectivity index (χ0v) is 14.1. The van der Waals surface area contributed by atoms with Gasteiger partial charge >= 0.3 is 0 Å². The first-order chi connectivity index (χ1) is 11.0. The summed E-state index contributed by atoms with van der Waals surface area (Å²) in [7, 11) is 0. The highest BCUT2D eigenvalue weighted by molar-refractivity contribution is 7.15. The quantitative estimate of drug-likeness (QED) is 0.941. The number of rotatable bonds is 3. The Morgan fingerprint density at radius 1 is 1.39 bits per heavy atom. The van der Waals surface area contributed by atoms with Gasteiger partial charge in [-0.3, -0.25) is 9.59 Å². The first kappa shape index (κ1) is 15.7. The third-order valence-corrected chi connectivity index (χ3v) is 4.80. The molecule has 1 aromatic heterocycles. The number of amides is 2. The summed E-state index contributed by atoms with van der Waals surface area (Å²) in [5.74, 6) is 0.0132. The highest BCUT2D eigenvalue weighted by Gasteiger charge is 2.24. The third kappa shape index (κ3) is 3.76. The fraction of sp³-hybridized carbons (Fsp3) is 0.353. The molecule has 0 bridgehead atoms. The van der Waals surface area contributed by atoms with Crippen LogP contribution in [-0.4, -0.2) is 28.2 Å². The largest absolute Gasteiger partial charge is 0.337 e. The standard InChI is InChI=1S/C17H19N3O2S/c1-11-4-3-5-13(8-11)9-16(22)20-7-6-14-15(10-20)23-17(19-14)18-12(2)21/h3-5,8H,6-7,9-10H2,1-2H3,(H,18,19,21). The van der Waals surface area contributed by atoms with E-state index in [0.29, 0.717) is 24.6 Å². The van der Waals surface area contributed by atoms with Gasteiger partial charge in [0.15, 0.2) is 5.13 Å². The smallest absolute Gasteiger partial charge is 0.227 e. The molecule has 0 saturated carbocycles. The highest BCUT2D eigenvalue weighted by atomic mass is 32.1. The lowest BCUT2D eigenvalue weighted by molar-refractivity contribution is -0.131. The van der Waals surface area contributed by atoms with Crippen LogP contribution in [0.3, 0.4) is 0 Å². The Balaban J connectivity index is 1.67. The number of carbonyl (C=O) groups is 2. The van der Waals surface area contributed by atoms with E-state index in [9.17, 15) is 9.59 Å². The van der Waals surface area contributed by atoms with Crippen molar-refractivity contribution in [1.82, 2.24) is 9.88 Å². The van der Waals surface area contributed by atoms with Crippen molar-refractivity contribution in [3.8, 4) is 0 Å². The van der Waals surface area contributed by atoms with E-state index in [1.54, 1.807) is 0 Å². The van der Waals surface area contributed by atoms with Crippen LogP contribution in [0.1, 0.15) is 28.6 Å². The van der Waals surface area contributed by atoms with Gasteiger partial charge in [0.2, 0.25) is 11.8 Å². The van der Waals surface area contributed by atoms with Crippen LogP contribution >= 0.6 is 11.3 Å². The van der Waals surface area contributed by atoms with Crippen molar-refractivity contribution in [1.29, 1.82) is 0 Å². The van der Waals surface area contributed by atoms with Crippen LogP contribution in [0.15, 0.2) is 24.3 Å². The van der Waals surface area contributed by atoms with Gasteiger partial charge in [-0.1, -0.05) is 41.2 Å². The average molecular weight is 329 g/mol. The molecule has 1 aromatic carbocycles. The first-order valence-electron chi connectivity index (χ1n) is 7.61. The second kappa shape index (κ2) is 6.50. The molecule has 1 N–H and O–H groups in total. The predicted molar refractivity (Wildman–Crippen MR) is 90.4 cm³/mol. The summed E-state index contributed by atoms with van der Waals surface area (Å²) in [6, 6.07) is 8.05. The van der Waals surface area contributed by atoms with E-state index in [1.165, 1.54) is 23.8 Å². The molecule has 0 fully saturated rings. The molecule has 5 nitrogen and oxygen atoms in total. The van der Waals surface area contributed by atoms with Gasteiger partial charge in [-0.2, -0.15) is 0 Å². The number of carbonyl (C=O) groups excluding carboxylic acids is 2. The van der Waals surface area contributed by atoms with Crippen molar-refractivity contribution in [2.45, 2.75) is 33.2 Å². The zero-order chi connectivity index (χ0) is 16.4. The molecule has 6 heteroatoms. The molecule has 0 unspecified atom stereocenters. The van der Waals surface area contributed by atoms with Crippen LogP contribution in [-0.2, 0) is 29.0 Å². The van der Waals surface area contributed by atoms with Crippen molar-refractivity contribution in [2.24, 2.45) is 0 Å². The van der Waals surface area contributed by atoms with E-state index in [2.05, 4.69) is 16.4 Å². The number of hydrogen-bond acceptors (Lipinski definition) is 4. The number of benzene rings is 1. The molecule has 23 heavy (non-hydrogen) atoms. The summed E-state index contributed by atoms with van der Waals surface area (Å²) in [5, 5.41) is 3.34. The third-order valence-electron chi connectivity index (χ3n) is 3.80. The summed E-state index contributed by atoms with van der Waals surface area (Å²) < 4.78 is 0. The summed E-state index contributed by atoms with van der Waals surface area (Å²) in [4.78, 5) is 31.0. The van der Waals surface area contributed by atoms with Crippen molar-refractivity contribution >= 4 is 28.3 Å². The van der Waals surface area contributed by atoms with Gasteiger partial charge in [0.25, 0.3) is 0 Å². The van der Waals surface area contributed by atoms with E-state index < -0.39 is 0 Å². The summed E-state index contributed by atoms with van der Waals surface area (Å²) >= 11 is 1.46. The van der Waals surface area contributed by atoms with Crippen molar-refractivity contribution in [2.75, 3.05) is 11.9 Å². The predicted octanol–water partition coefficient (Wildman–Crippen LogP) is 2.54. The summed E-state index contributed by atoms with van der Waals surface area (Å²) in [6.07, 6.45) is 1.17. The van der Waals surface area contributed by atoms with Gasteiger partial charge in [-0.15, -0.1) is 0 Å². The van der Waals surface area contributed by atoms with Crippen LogP contribution in [0, 0.1) is 6.92 Å². The minimum absolute atomic E-state index is 0.122. The molecule has 1 aliphatic rings. The second-order valence-electron chi connectivity index (χ2n) is 5.80. The number of aromatic nitrogens is 1. The van der Waals surface area contributed by atoms with Crippen LogP contribution in [0.2, 0.25) is 0 Å². The number of nitrogens with one attached hydrogen (secondary N) is 1. The van der Waals surface area contributed by atoms with Gasteiger partial charge in [0, 0.05) is 24.8 Å². The number of anilines is 1. The molecule has 2 amide bonds. The van der Waals surface area contributed by atoms with Crippen molar-refractivity contribution in [3.05, 3.63) is 46.0 Å². The molecule has 0 radical (unpaired) electrons. The van der Waals surface area contributed by atoms with E-state index in [0.717, 1.165) is 22.6 Å². The lowest BCUT2D eigenvalue weighted by Gasteiger charge is -2.26. The SMILES string of the molecule is CC(=O)Nc1nc2c(s1)CN(C(=O)Cc1cccc(C)c1)CC2. The first-order valence-corrected chi connectivity index (χ1v) is 8.42. The number of thiazole rings is 1. The fourth-order valence-electron chi connectivity index (χ4n) is 2.72. The normalized spacial score (nSPS) is 13.6. The summed E-state index contributed by atoms with van der Waals surface area (Å²) in [5.41, 5.74) is 3.21. The molecular formula is C17H19N3O2S. The van der Waals surface area contributed by atoms with E-state index >= 15 is 0 Å². The molecule has 0 aliphatic carbocycles. The van der Waals surface area contributed by atoms with Crippen LogP contribution in [0.4, 0.5) is 5.13 Å². The highest BCUT2D eigenvalue weighted by Crippen LogP contribution is 2.28. The monoisotopic (exact) mass is 329 g/mol. The fourth-order valence-corrected chi connectivity index (χ4v) is 3.79. The molecule has 0 saturated heterocycles. The van der Waals surface area contributed by atoms with Crippen molar-refractivity contribution < 1.29 is 9.59 Å². The molecule has 0 atom stereocenters. The number of nitrogens with zero attached hydrogens (tertiary/aromatic N) is 2. The number of aryl methyl sites for hydroxylation is 1. The number of fused-ring (bicyclic) bond motifs is 1. The minimum Gasteiger partial charge on any atom is -0.337 e. The van der Waals surface area contributed by atoms with E-state index in [1.807, 2.05) is 30.0 Å². The van der Waals surface area contributed by atoms with Crippen molar-refractivity contribution in [3.63, 3.8) is 0 Å². The Bertz CT molecular complexity index is 754. The molecule has 1 aliphatic heterocycles. The Morgan fingerprint density at radius 2 is 2.22 bits per heavy atom. The maximum absolute atomic E-state index is 12.5. The molecule has 2 aromatic rings. The van der Waals surface area contributed by atoms with E-state index in [4.69, 9.17) is 0 Å². The lowest BCUT2D eigenvalue weighted by atomic mass is 10.1. The minimum atomic E-state index is -0.122. The average Bonchev–Trinajstić information content (AvgIpc) is 2.87. The molecular weight excluding hydrogens is 310 g/mol. The van der Waals surface area contributed by atoms with Gasteiger partial charge in [-0.25, -0.2) is 4.98 Å². The maximum atomic E-state index is 12.5. The van der Waals surface area contributed by atoms with Gasteiger partial charge in [-0.05, 0) is 12.5 Å². The van der Waals surface area contributed by atoms with Gasteiger partial charge in [0.05, 0.1) is 18.7 Å². The van der Waals surface area contributed by atoms with Crippen LogP contribution in [0.5, 0.6) is 0 Å². The molecule has 0 spiro atoms. The summed E-state index contributed by atoms with van der Waals surface area (Å²) in [6.45, 7) is 4.76. The number of hydrogen-bond donors (Lipinski definition) is 1. The Morgan fingerprint density at radius 3 is 2.96 bits per heavy atom. The van der Waals surface area contributed by atoms with Gasteiger partial charge < -0.3 is 10.2 Å². The molecule has 3 rings (SSSR count). The lowest BCUT2D eigenvalue weighted by Crippen LogP contribution is -2.36. The Kier molecular flexibility index (Phi) is 4.43. The van der Waals surface area contributed by atoms with E-state index in [-0.39, 0.29) is 11.8 Å². The van der Waals surface area contributed by atoms with Crippen LogP contribution < -0.4 is 5.32 Å². The molecule has 120 valence electrons. The van der Waals surface area contributed by atoms with Crippen LogP contribution in [0.25, 0.3) is 0 Å². The topological polar surface area (TPSA) is 62.3 Å². The van der Waals surface area contributed by atoms with Gasteiger partial charge in [0.1, 0.15) is 0 Å². The maximum Gasteiger partial charge on any atom is 0.227 e.